The van der Waals surface area contributed by atoms with Crippen molar-refractivity contribution in [1.82, 2.24) is 0 Å². The first-order chi connectivity index (χ1) is 13.0. The molecule has 1 unspecified atom stereocenters. The normalized spacial score (nSPS) is 16.5. The fraction of sp³-hybridized carbons (Fsp3) is 0.333. The molecule has 2 amide bonds. The molecule has 0 radical (unpaired) electrons. The van der Waals surface area contributed by atoms with Crippen molar-refractivity contribution in [1.29, 1.82) is 0 Å². The van der Waals surface area contributed by atoms with Gasteiger partial charge >= 0.3 is 0 Å². The van der Waals surface area contributed by atoms with Gasteiger partial charge in [-0.3, -0.25) is 9.59 Å². The highest BCUT2D eigenvalue weighted by Gasteiger charge is 2.35. The van der Waals surface area contributed by atoms with E-state index < -0.39 is 0 Å². The smallest absolute Gasteiger partial charge is 0.229 e. The fourth-order valence-electron chi connectivity index (χ4n) is 3.20. The number of benzene rings is 2. The number of amides is 2. The van der Waals surface area contributed by atoms with Gasteiger partial charge in [0.25, 0.3) is 0 Å². The first kappa shape index (κ1) is 18.9. The van der Waals surface area contributed by atoms with Crippen LogP contribution in [0.15, 0.2) is 42.5 Å². The second-order valence-electron chi connectivity index (χ2n) is 6.78. The highest BCUT2D eigenvalue weighted by Crippen LogP contribution is 2.30. The van der Waals surface area contributed by atoms with E-state index in [0.717, 1.165) is 16.8 Å². The lowest BCUT2D eigenvalue weighted by atomic mass is 10.1. The van der Waals surface area contributed by atoms with E-state index in [1.54, 1.807) is 29.2 Å². The van der Waals surface area contributed by atoms with Gasteiger partial charge in [0.2, 0.25) is 11.8 Å². The Balaban J connectivity index is 1.64. The molecular weight excluding hydrogens is 342 g/mol. The first-order valence-electron chi connectivity index (χ1n) is 9.10. The Morgan fingerprint density at radius 3 is 2.67 bits per heavy atom. The van der Waals surface area contributed by atoms with Crippen molar-refractivity contribution < 1.29 is 14.3 Å². The number of carbonyl (C=O) groups is 2. The molecule has 2 aromatic carbocycles. The Morgan fingerprint density at radius 1 is 1.22 bits per heavy atom. The molecule has 1 aliphatic heterocycles. The van der Waals surface area contributed by atoms with E-state index in [1.807, 2.05) is 32.0 Å². The topological polar surface area (TPSA) is 84.7 Å². The van der Waals surface area contributed by atoms with Gasteiger partial charge in [0, 0.05) is 30.9 Å². The number of anilines is 2. The van der Waals surface area contributed by atoms with Crippen LogP contribution in [-0.4, -0.2) is 31.5 Å². The molecule has 0 spiro atoms. The molecule has 1 aliphatic rings. The monoisotopic (exact) mass is 367 g/mol. The summed E-state index contributed by atoms with van der Waals surface area (Å²) in [6.07, 6.45) is 0.219. The summed E-state index contributed by atoms with van der Waals surface area (Å²) in [6, 6.07) is 13.0. The molecule has 0 aromatic heterocycles. The van der Waals surface area contributed by atoms with Crippen molar-refractivity contribution in [2.75, 3.05) is 29.9 Å². The molecule has 3 N–H and O–H groups in total. The highest BCUT2D eigenvalue weighted by atomic mass is 16.5. The molecule has 6 nitrogen and oxygen atoms in total. The Bertz CT molecular complexity index is 833. The molecule has 2 aromatic rings. The van der Waals surface area contributed by atoms with Crippen LogP contribution in [0.4, 0.5) is 11.4 Å². The number of nitrogens with two attached hydrogens (primary N) is 1. The average Bonchev–Trinajstić information content (AvgIpc) is 3.05. The Hall–Kier alpha value is -2.86. The standard InChI is InChI=1S/C21H25N3O3/c1-14-4-3-5-19(15(14)2)24-13-16(12-20(24)25)21(26)23-17-6-8-18(9-7-17)27-11-10-22/h3-9,16H,10-13,22H2,1-2H3,(H,23,26). The maximum absolute atomic E-state index is 12.6. The van der Waals surface area contributed by atoms with Crippen molar-refractivity contribution in [3.63, 3.8) is 0 Å². The number of rotatable bonds is 6. The first-order valence-corrected chi connectivity index (χ1v) is 9.10. The third-order valence-electron chi connectivity index (χ3n) is 4.87. The molecule has 1 saturated heterocycles. The van der Waals surface area contributed by atoms with Crippen molar-refractivity contribution in [2.24, 2.45) is 11.7 Å². The third-order valence-corrected chi connectivity index (χ3v) is 4.87. The van der Waals surface area contributed by atoms with Crippen LogP contribution in [0.2, 0.25) is 0 Å². The molecule has 6 heteroatoms. The lowest BCUT2D eigenvalue weighted by molar-refractivity contribution is -0.122. The summed E-state index contributed by atoms with van der Waals surface area (Å²) in [7, 11) is 0. The van der Waals surface area contributed by atoms with E-state index in [9.17, 15) is 9.59 Å². The van der Waals surface area contributed by atoms with Crippen molar-refractivity contribution in [3.8, 4) is 5.75 Å². The van der Waals surface area contributed by atoms with E-state index in [1.165, 1.54) is 0 Å². The predicted molar refractivity (Wildman–Crippen MR) is 106 cm³/mol. The number of carbonyl (C=O) groups excluding carboxylic acids is 2. The van der Waals surface area contributed by atoms with Crippen molar-refractivity contribution >= 4 is 23.2 Å². The van der Waals surface area contributed by atoms with Gasteiger partial charge in [-0.25, -0.2) is 0 Å². The van der Waals surface area contributed by atoms with Crippen LogP contribution in [0.3, 0.4) is 0 Å². The molecule has 0 bridgehead atoms. The molecule has 0 aliphatic carbocycles. The number of hydrogen-bond acceptors (Lipinski definition) is 4. The molecule has 1 atom stereocenters. The summed E-state index contributed by atoms with van der Waals surface area (Å²) < 4.78 is 5.42. The summed E-state index contributed by atoms with van der Waals surface area (Å²) in [5.74, 6) is 0.169. The van der Waals surface area contributed by atoms with Gasteiger partial charge in [-0.1, -0.05) is 12.1 Å². The summed E-state index contributed by atoms with van der Waals surface area (Å²) in [5, 5.41) is 2.89. The SMILES string of the molecule is Cc1cccc(N2CC(C(=O)Nc3ccc(OCCN)cc3)CC2=O)c1C. The minimum atomic E-state index is -0.370. The van der Waals surface area contributed by atoms with Crippen LogP contribution in [0.5, 0.6) is 5.75 Å². The van der Waals surface area contributed by atoms with Crippen LogP contribution in [0.1, 0.15) is 17.5 Å². The number of nitrogens with zero attached hydrogens (tertiary/aromatic N) is 1. The average molecular weight is 367 g/mol. The van der Waals surface area contributed by atoms with Crippen LogP contribution in [0.25, 0.3) is 0 Å². The summed E-state index contributed by atoms with van der Waals surface area (Å²) >= 11 is 0. The second kappa shape index (κ2) is 8.22. The lowest BCUT2D eigenvalue weighted by Crippen LogP contribution is -2.28. The molecule has 1 fully saturated rings. The van der Waals surface area contributed by atoms with Crippen molar-refractivity contribution in [2.45, 2.75) is 20.3 Å². The predicted octanol–water partition coefficient (Wildman–Crippen LogP) is 2.63. The minimum Gasteiger partial charge on any atom is -0.492 e. The number of aryl methyl sites for hydroxylation is 1. The highest BCUT2D eigenvalue weighted by molar-refractivity contribution is 6.03. The van der Waals surface area contributed by atoms with E-state index in [0.29, 0.717) is 31.1 Å². The van der Waals surface area contributed by atoms with Gasteiger partial charge < -0.3 is 20.7 Å². The van der Waals surface area contributed by atoms with Crippen LogP contribution in [0, 0.1) is 19.8 Å². The number of hydrogen-bond donors (Lipinski definition) is 2. The fourth-order valence-corrected chi connectivity index (χ4v) is 3.20. The zero-order valence-electron chi connectivity index (χ0n) is 15.7. The van der Waals surface area contributed by atoms with Gasteiger partial charge in [-0.15, -0.1) is 0 Å². The maximum Gasteiger partial charge on any atom is 0.229 e. The molecule has 27 heavy (non-hydrogen) atoms. The van der Waals surface area contributed by atoms with Gasteiger partial charge in [-0.2, -0.15) is 0 Å². The van der Waals surface area contributed by atoms with Gasteiger partial charge in [0.05, 0.1) is 5.92 Å². The Kier molecular flexibility index (Phi) is 5.76. The lowest BCUT2D eigenvalue weighted by Gasteiger charge is -2.20. The zero-order chi connectivity index (χ0) is 19.4. The molecular formula is C21H25N3O3. The molecule has 0 saturated carbocycles. The largest absolute Gasteiger partial charge is 0.492 e. The van der Waals surface area contributed by atoms with E-state index in [-0.39, 0.29) is 24.2 Å². The summed E-state index contributed by atoms with van der Waals surface area (Å²) in [5.41, 5.74) is 9.17. The summed E-state index contributed by atoms with van der Waals surface area (Å²) in [6.45, 7) is 5.31. The van der Waals surface area contributed by atoms with E-state index in [2.05, 4.69) is 5.32 Å². The van der Waals surface area contributed by atoms with Gasteiger partial charge in [0.15, 0.2) is 0 Å². The minimum absolute atomic E-state index is 0.0191. The number of nitrogens with one attached hydrogen (secondary N) is 1. The number of ether oxygens (including phenoxy) is 1. The Morgan fingerprint density at radius 2 is 1.96 bits per heavy atom. The Labute approximate surface area is 159 Å². The second-order valence-corrected chi connectivity index (χ2v) is 6.78. The van der Waals surface area contributed by atoms with E-state index in [4.69, 9.17) is 10.5 Å². The van der Waals surface area contributed by atoms with E-state index >= 15 is 0 Å². The summed E-state index contributed by atoms with van der Waals surface area (Å²) in [4.78, 5) is 26.8. The molecule has 142 valence electrons. The van der Waals surface area contributed by atoms with Gasteiger partial charge in [0.1, 0.15) is 12.4 Å². The molecule has 1 heterocycles. The van der Waals surface area contributed by atoms with Crippen LogP contribution < -0.4 is 20.7 Å². The van der Waals surface area contributed by atoms with Crippen molar-refractivity contribution in [3.05, 3.63) is 53.6 Å². The van der Waals surface area contributed by atoms with Crippen LogP contribution in [-0.2, 0) is 9.59 Å². The molecule has 3 rings (SSSR count). The third kappa shape index (κ3) is 4.28. The quantitative estimate of drug-likeness (QED) is 0.822. The van der Waals surface area contributed by atoms with Gasteiger partial charge in [-0.05, 0) is 55.3 Å². The maximum atomic E-state index is 12.6. The zero-order valence-corrected chi connectivity index (χ0v) is 15.7. The van der Waals surface area contributed by atoms with Crippen LogP contribution >= 0.6 is 0 Å².